The van der Waals surface area contributed by atoms with Crippen molar-refractivity contribution in [2.24, 2.45) is 0 Å². The SMILES string of the molecule is C[C@H](Sc1nnnn1-c1cccc(F)c1)C(=O)Nc1ccc(F)c([N+](=O)[O-])c1. The van der Waals surface area contributed by atoms with Gasteiger partial charge in [-0.2, -0.15) is 9.07 Å². The average Bonchev–Trinajstić information content (AvgIpc) is 3.11. The van der Waals surface area contributed by atoms with Gasteiger partial charge < -0.3 is 5.32 Å². The van der Waals surface area contributed by atoms with E-state index in [1.54, 1.807) is 13.0 Å². The number of carbonyl (C=O) groups is 1. The van der Waals surface area contributed by atoms with E-state index in [2.05, 4.69) is 20.8 Å². The van der Waals surface area contributed by atoms with Crippen LogP contribution >= 0.6 is 11.8 Å². The number of halogens is 2. The summed E-state index contributed by atoms with van der Waals surface area (Å²) in [4.78, 5) is 22.3. The van der Waals surface area contributed by atoms with E-state index in [1.165, 1.54) is 28.9 Å². The maximum absolute atomic E-state index is 13.4. The van der Waals surface area contributed by atoms with Gasteiger partial charge in [-0.15, -0.1) is 5.10 Å². The highest BCUT2D eigenvalue weighted by Gasteiger charge is 2.21. The highest BCUT2D eigenvalue weighted by molar-refractivity contribution is 8.00. The Balaban J connectivity index is 1.73. The molecule has 0 saturated carbocycles. The first-order chi connectivity index (χ1) is 13.3. The van der Waals surface area contributed by atoms with Crippen molar-refractivity contribution in [1.29, 1.82) is 0 Å². The molecule has 1 atom stereocenters. The Labute approximate surface area is 160 Å². The van der Waals surface area contributed by atoms with Crippen LogP contribution in [0.25, 0.3) is 5.69 Å². The predicted octanol–water partition coefficient (Wildman–Crippen LogP) is 2.97. The zero-order valence-corrected chi connectivity index (χ0v) is 15.1. The van der Waals surface area contributed by atoms with Crippen LogP contribution in [-0.4, -0.2) is 36.3 Å². The Kier molecular flexibility index (Phi) is 5.59. The van der Waals surface area contributed by atoms with Crippen molar-refractivity contribution in [3.8, 4) is 5.69 Å². The number of aromatic nitrogens is 4. The van der Waals surface area contributed by atoms with Gasteiger partial charge in [-0.1, -0.05) is 17.8 Å². The molecule has 0 unspecified atom stereocenters. The molecular weight excluding hydrogens is 394 g/mol. The van der Waals surface area contributed by atoms with Crippen LogP contribution in [0.15, 0.2) is 47.6 Å². The van der Waals surface area contributed by atoms with E-state index in [0.29, 0.717) is 5.69 Å². The van der Waals surface area contributed by atoms with Crippen molar-refractivity contribution in [2.75, 3.05) is 5.32 Å². The van der Waals surface area contributed by atoms with Gasteiger partial charge in [0.2, 0.25) is 16.9 Å². The molecule has 0 radical (unpaired) electrons. The van der Waals surface area contributed by atoms with Crippen LogP contribution in [0.2, 0.25) is 0 Å². The summed E-state index contributed by atoms with van der Waals surface area (Å²) < 4.78 is 28.1. The van der Waals surface area contributed by atoms with Crippen molar-refractivity contribution in [3.63, 3.8) is 0 Å². The first kappa shape index (κ1) is 19.4. The maximum atomic E-state index is 13.4. The third kappa shape index (κ3) is 4.28. The summed E-state index contributed by atoms with van der Waals surface area (Å²) >= 11 is 1.00. The van der Waals surface area contributed by atoms with E-state index in [4.69, 9.17) is 0 Å². The summed E-state index contributed by atoms with van der Waals surface area (Å²) in [6, 6.07) is 8.66. The number of amides is 1. The number of hydrogen-bond acceptors (Lipinski definition) is 7. The molecule has 1 heterocycles. The lowest BCUT2D eigenvalue weighted by Gasteiger charge is -2.12. The van der Waals surface area contributed by atoms with Crippen LogP contribution in [-0.2, 0) is 4.79 Å². The molecule has 0 bridgehead atoms. The zero-order chi connectivity index (χ0) is 20.3. The van der Waals surface area contributed by atoms with Gasteiger partial charge in [0.1, 0.15) is 5.82 Å². The van der Waals surface area contributed by atoms with Gasteiger partial charge >= 0.3 is 5.69 Å². The van der Waals surface area contributed by atoms with E-state index >= 15 is 0 Å². The number of thioether (sulfide) groups is 1. The number of benzene rings is 2. The number of nitro benzene ring substituents is 1. The van der Waals surface area contributed by atoms with Crippen LogP contribution in [0.5, 0.6) is 0 Å². The molecule has 0 fully saturated rings. The second-order valence-corrected chi connectivity index (χ2v) is 6.83. The number of nitrogens with one attached hydrogen (secondary N) is 1. The molecule has 2 aromatic carbocycles. The number of carbonyl (C=O) groups excluding carboxylic acids is 1. The fraction of sp³-hybridized carbons (Fsp3) is 0.125. The topological polar surface area (TPSA) is 116 Å². The summed E-state index contributed by atoms with van der Waals surface area (Å²) in [6.45, 7) is 1.57. The Morgan fingerprint density at radius 2 is 2.07 bits per heavy atom. The number of nitro groups is 1. The molecule has 0 aliphatic rings. The summed E-state index contributed by atoms with van der Waals surface area (Å²) in [6.07, 6.45) is 0. The Morgan fingerprint density at radius 3 is 2.79 bits per heavy atom. The molecule has 0 spiro atoms. The van der Waals surface area contributed by atoms with Crippen molar-refractivity contribution in [2.45, 2.75) is 17.3 Å². The number of anilines is 1. The summed E-state index contributed by atoms with van der Waals surface area (Å²) in [7, 11) is 0. The number of hydrogen-bond donors (Lipinski definition) is 1. The second-order valence-electron chi connectivity index (χ2n) is 5.53. The summed E-state index contributed by atoms with van der Waals surface area (Å²) in [5.41, 5.74) is -0.280. The van der Waals surface area contributed by atoms with Crippen LogP contribution in [0.3, 0.4) is 0 Å². The third-order valence-corrected chi connectivity index (χ3v) is 4.59. The first-order valence-corrected chi connectivity index (χ1v) is 8.69. The molecule has 3 rings (SSSR count). The number of tetrazole rings is 1. The normalized spacial score (nSPS) is 11.8. The van der Waals surface area contributed by atoms with Crippen LogP contribution in [0, 0.1) is 21.7 Å². The standard InChI is InChI=1S/C16H12F2N6O3S/c1-9(15(25)19-11-5-6-13(18)14(8-11)24(26)27)28-16-20-21-22-23(16)12-4-2-3-10(17)7-12/h2-9H,1H3,(H,19,25)/t9-/m0/s1. The quantitative estimate of drug-likeness (QED) is 0.380. The molecule has 144 valence electrons. The fourth-order valence-electron chi connectivity index (χ4n) is 2.21. The Morgan fingerprint density at radius 1 is 1.29 bits per heavy atom. The lowest BCUT2D eigenvalue weighted by molar-refractivity contribution is -0.387. The molecule has 3 aromatic rings. The smallest absolute Gasteiger partial charge is 0.306 e. The molecule has 0 aliphatic heterocycles. The maximum Gasteiger partial charge on any atom is 0.306 e. The van der Waals surface area contributed by atoms with E-state index in [9.17, 15) is 23.7 Å². The van der Waals surface area contributed by atoms with Crippen LogP contribution in [0.1, 0.15) is 6.92 Å². The van der Waals surface area contributed by atoms with E-state index in [-0.39, 0.29) is 10.8 Å². The van der Waals surface area contributed by atoms with Crippen molar-refractivity contribution in [1.82, 2.24) is 20.2 Å². The van der Waals surface area contributed by atoms with E-state index in [1.807, 2.05) is 0 Å². The minimum absolute atomic E-state index is 0.0790. The number of rotatable bonds is 6. The second kappa shape index (κ2) is 8.08. The summed E-state index contributed by atoms with van der Waals surface area (Å²) in [5.74, 6) is -1.97. The van der Waals surface area contributed by atoms with Gasteiger partial charge in [0.05, 0.1) is 15.9 Å². The minimum Gasteiger partial charge on any atom is -0.325 e. The van der Waals surface area contributed by atoms with Crippen molar-refractivity contribution >= 4 is 29.0 Å². The largest absolute Gasteiger partial charge is 0.325 e. The summed E-state index contributed by atoms with van der Waals surface area (Å²) in [5, 5.41) is 24.0. The third-order valence-electron chi connectivity index (χ3n) is 3.56. The number of nitrogens with zero attached hydrogens (tertiary/aromatic N) is 5. The molecule has 0 saturated heterocycles. The van der Waals surface area contributed by atoms with E-state index in [0.717, 1.165) is 23.9 Å². The van der Waals surface area contributed by atoms with Gasteiger partial charge in [0.15, 0.2) is 0 Å². The molecule has 0 aliphatic carbocycles. The highest BCUT2D eigenvalue weighted by Crippen LogP contribution is 2.26. The zero-order valence-electron chi connectivity index (χ0n) is 14.2. The van der Waals surface area contributed by atoms with Gasteiger partial charge in [-0.25, -0.2) is 4.39 Å². The molecule has 1 aromatic heterocycles. The minimum atomic E-state index is -1.00. The van der Waals surface area contributed by atoms with Crippen LogP contribution < -0.4 is 5.32 Å². The Bertz CT molecular complexity index is 1040. The molecule has 1 N–H and O–H groups in total. The molecule has 1 amide bonds. The Hall–Kier alpha value is -3.41. The van der Waals surface area contributed by atoms with Crippen LogP contribution in [0.4, 0.5) is 20.2 Å². The molecule has 12 heteroatoms. The van der Waals surface area contributed by atoms with Gasteiger partial charge in [0.25, 0.3) is 0 Å². The first-order valence-electron chi connectivity index (χ1n) is 7.81. The van der Waals surface area contributed by atoms with Crippen molar-refractivity contribution < 1.29 is 18.5 Å². The van der Waals surface area contributed by atoms with Crippen molar-refractivity contribution in [3.05, 3.63) is 64.2 Å². The predicted molar refractivity (Wildman–Crippen MR) is 96.1 cm³/mol. The lowest BCUT2D eigenvalue weighted by Crippen LogP contribution is -2.23. The highest BCUT2D eigenvalue weighted by atomic mass is 32.2. The molecule has 9 nitrogen and oxygen atoms in total. The molecule has 28 heavy (non-hydrogen) atoms. The lowest BCUT2D eigenvalue weighted by atomic mass is 10.2. The van der Waals surface area contributed by atoms with Gasteiger partial charge in [-0.05, 0) is 47.7 Å². The van der Waals surface area contributed by atoms with E-state index < -0.39 is 33.4 Å². The fourth-order valence-corrected chi connectivity index (χ4v) is 3.02. The van der Waals surface area contributed by atoms with Gasteiger partial charge in [-0.3, -0.25) is 14.9 Å². The average molecular weight is 406 g/mol. The molecular formula is C16H12F2N6O3S. The monoisotopic (exact) mass is 406 g/mol. The van der Waals surface area contributed by atoms with Gasteiger partial charge in [0, 0.05) is 11.8 Å².